The second-order valence-electron chi connectivity index (χ2n) is 2.66. The van der Waals surface area contributed by atoms with Crippen LogP contribution in [0.5, 0.6) is 0 Å². The van der Waals surface area contributed by atoms with Gasteiger partial charge >= 0.3 is 0 Å². The van der Waals surface area contributed by atoms with Crippen LogP contribution in [-0.4, -0.2) is 30.9 Å². The molecule has 1 amide bonds. The van der Waals surface area contributed by atoms with Crippen molar-refractivity contribution in [1.29, 1.82) is 0 Å². The minimum atomic E-state index is -0.222. The van der Waals surface area contributed by atoms with E-state index < -0.39 is 0 Å². The number of rotatable bonds is 4. The Morgan fingerprint density at radius 3 is 2.50 bits per heavy atom. The maximum atomic E-state index is 10.5. The lowest BCUT2D eigenvalue weighted by Crippen LogP contribution is -2.32. The quantitative estimate of drug-likeness (QED) is 0.606. The van der Waals surface area contributed by atoms with Gasteiger partial charge in [-0.1, -0.05) is 13.8 Å². The molecule has 0 heterocycles. The van der Waals surface area contributed by atoms with Gasteiger partial charge < -0.3 is 10.6 Å². The van der Waals surface area contributed by atoms with Crippen molar-refractivity contribution in [3.05, 3.63) is 0 Å². The average Bonchev–Trinajstić information content (AvgIpc) is 1.87. The molecule has 0 radical (unpaired) electrons. The van der Waals surface area contributed by atoms with Gasteiger partial charge in [-0.15, -0.1) is 0 Å². The number of amides is 1. The molecule has 3 nitrogen and oxygen atoms in total. The van der Waals surface area contributed by atoms with Gasteiger partial charge in [0.2, 0.25) is 5.91 Å². The van der Waals surface area contributed by atoms with E-state index in [1.165, 1.54) is 0 Å². The first-order valence-electron chi connectivity index (χ1n) is 3.55. The number of nitrogens with two attached hydrogens (primary N) is 1. The second kappa shape index (κ2) is 4.28. The summed E-state index contributed by atoms with van der Waals surface area (Å²) in [7, 11) is 1.97. The molecule has 10 heavy (non-hydrogen) atoms. The predicted molar refractivity (Wildman–Crippen MR) is 41.5 cm³/mol. The summed E-state index contributed by atoms with van der Waals surface area (Å²) >= 11 is 0. The summed E-state index contributed by atoms with van der Waals surface area (Å²) in [6.07, 6.45) is 0. The molecule has 2 N–H and O–H groups in total. The Kier molecular flexibility index (Phi) is 4.03. The molecule has 0 unspecified atom stereocenters. The number of carbonyl (C=O) groups excluding carboxylic acids is 1. The molecule has 0 aromatic rings. The van der Waals surface area contributed by atoms with Crippen molar-refractivity contribution < 1.29 is 4.79 Å². The van der Waals surface area contributed by atoms with E-state index in [0.29, 0.717) is 0 Å². The second-order valence-corrected chi connectivity index (χ2v) is 2.66. The van der Waals surface area contributed by atoms with E-state index in [9.17, 15) is 4.79 Å². The summed E-state index contributed by atoms with van der Waals surface area (Å²) in [4.78, 5) is 12.6. The van der Waals surface area contributed by atoms with Crippen molar-refractivity contribution in [2.75, 3.05) is 20.1 Å². The van der Waals surface area contributed by atoms with E-state index >= 15 is 0 Å². The van der Waals surface area contributed by atoms with Gasteiger partial charge in [-0.05, 0) is 13.6 Å². The van der Waals surface area contributed by atoms with Gasteiger partial charge in [0.05, 0.1) is 0 Å². The van der Waals surface area contributed by atoms with Gasteiger partial charge in [-0.25, -0.2) is 0 Å². The molecule has 0 spiro atoms. The van der Waals surface area contributed by atoms with Crippen molar-refractivity contribution in [3.63, 3.8) is 0 Å². The number of nitrogens with zero attached hydrogens (tertiary/aromatic N) is 1. The Labute approximate surface area is 62.2 Å². The fourth-order valence-corrected chi connectivity index (χ4v) is 0.687. The normalized spacial score (nSPS) is 13.6. The van der Waals surface area contributed by atoms with Crippen LogP contribution < -0.4 is 5.73 Å². The van der Waals surface area contributed by atoms with Crippen LogP contribution in [0.3, 0.4) is 0 Å². The summed E-state index contributed by atoms with van der Waals surface area (Å²) in [5.74, 6) is -0.259. The molecular weight excluding hydrogens is 128 g/mol. The summed E-state index contributed by atoms with van der Waals surface area (Å²) in [6, 6.07) is 0. The maximum absolute atomic E-state index is 10.5. The van der Waals surface area contributed by atoms with Crippen molar-refractivity contribution in [3.8, 4) is 0 Å². The van der Waals surface area contributed by atoms with E-state index in [-0.39, 0.29) is 11.8 Å². The third kappa shape index (κ3) is 3.45. The minimum absolute atomic E-state index is 0.0371. The number of primary amides is 1. The lowest BCUT2D eigenvalue weighted by atomic mass is 10.1. The first kappa shape index (κ1) is 9.43. The first-order valence-corrected chi connectivity index (χ1v) is 3.55. The Hall–Kier alpha value is -0.570. The van der Waals surface area contributed by atoms with Crippen molar-refractivity contribution in [2.45, 2.75) is 13.8 Å². The molecule has 3 heteroatoms. The molecule has 0 saturated heterocycles. The van der Waals surface area contributed by atoms with Gasteiger partial charge in [0.25, 0.3) is 0 Å². The summed E-state index contributed by atoms with van der Waals surface area (Å²) in [6.45, 7) is 5.60. The third-order valence-electron chi connectivity index (χ3n) is 1.61. The van der Waals surface area contributed by atoms with Crippen LogP contribution in [0.4, 0.5) is 0 Å². The molecule has 0 bridgehead atoms. The SMILES string of the molecule is CCN(C)C[C@@H](C)C(N)=O. The van der Waals surface area contributed by atoms with Gasteiger partial charge in [-0.3, -0.25) is 4.79 Å². The van der Waals surface area contributed by atoms with Crippen LogP contribution in [0.2, 0.25) is 0 Å². The van der Waals surface area contributed by atoms with E-state index in [1.807, 2.05) is 20.9 Å². The highest BCUT2D eigenvalue weighted by Crippen LogP contribution is 1.95. The summed E-state index contributed by atoms with van der Waals surface area (Å²) in [5.41, 5.74) is 5.07. The highest BCUT2D eigenvalue weighted by molar-refractivity contribution is 5.76. The van der Waals surface area contributed by atoms with Gasteiger partial charge in [-0.2, -0.15) is 0 Å². The molecule has 0 aliphatic carbocycles. The largest absolute Gasteiger partial charge is 0.369 e. The number of hydrogen-bond donors (Lipinski definition) is 1. The van der Waals surface area contributed by atoms with Gasteiger partial charge in [0.1, 0.15) is 0 Å². The standard InChI is InChI=1S/C7H16N2O/c1-4-9(3)5-6(2)7(8)10/h6H,4-5H2,1-3H3,(H2,8,10)/t6-/m1/s1. The topological polar surface area (TPSA) is 46.3 Å². The predicted octanol–water partition coefficient (Wildman–Crippen LogP) is 0.0595. The Balaban J connectivity index is 3.56. The fourth-order valence-electron chi connectivity index (χ4n) is 0.687. The van der Waals surface area contributed by atoms with Crippen LogP contribution in [0, 0.1) is 5.92 Å². The molecule has 0 saturated carbocycles. The summed E-state index contributed by atoms with van der Waals surface area (Å²) in [5, 5.41) is 0. The van der Waals surface area contributed by atoms with Crippen molar-refractivity contribution >= 4 is 5.91 Å². The van der Waals surface area contributed by atoms with Crippen molar-refractivity contribution in [2.24, 2.45) is 11.7 Å². The molecule has 0 aromatic carbocycles. The zero-order chi connectivity index (χ0) is 8.15. The Morgan fingerprint density at radius 2 is 2.20 bits per heavy atom. The highest BCUT2D eigenvalue weighted by atomic mass is 16.1. The molecule has 0 aromatic heterocycles. The molecule has 1 atom stereocenters. The van der Waals surface area contributed by atoms with E-state index in [4.69, 9.17) is 5.73 Å². The first-order chi connectivity index (χ1) is 4.57. The fraction of sp³-hybridized carbons (Fsp3) is 0.857. The Morgan fingerprint density at radius 1 is 1.70 bits per heavy atom. The number of carbonyl (C=O) groups is 1. The van der Waals surface area contributed by atoms with Crippen molar-refractivity contribution in [1.82, 2.24) is 4.90 Å². The van der Waals surface area contributed by atoms with Gasteiger partial charge in [0.15, 0.2) is 0 Å². The summed E-state index contributed by atoms with van der Waals surface area (Å²) < 4.78 is 0. The Bertz CT molecular complexity index is 114. The minimum Gasteiger partial charge on any atom is -0.369 e. The van der Waals surface area contributed by atoms with Crippen LogP contribution in [-0.2, 0) is 4.79 Å². The maximum Gasteiger partial charge on any atom is 0.221 e. The van der Waals surface area contributed by atoms with Crippen LogP contribution in [0.1, 0.15) is 13.8 Å². The lowest BCUT2D eigenvalue weighted by Gasteiger charge is -2.16. The highest BCUT2D eigenvalue weighted by Gasteiger charge is 2.09. The van der Waals surface area contributed by atoms with Crippen LogP contribution in [0.15, 0.2) is 0 Å². The van der Waals surface area contributed by atoms with E-state index in [1.54, 1.807) is 0 Å². The molecule has 0 rings (SSSR count). The van der Waals surface area contributed by atoms with Gasteiger partial charge in [0, 0.05) is 12.5 Å². The molecular formula is C7H16N2O. The van der Waals surface area contributed by atoms with Crippen LogP contribution >= 0.6 is 0 Å². The average molecular weight is 144 g/mol. The zero-order valence-electron chi connectivity index (χ0n) is 6.92. The molecule has 0 aliphatic rings. The van der Waals surface area contributed by atoms with E-state index in [2.05, 4.69) is 4.90 Å². The third-order valence-corrected chi connectivity index (χ3v) is 1.61. The molecule has 0 aliphatic heterocycles. The monoisotopic (exact) mass is 144 g/mol. The number of hydrogen-bond acceptors (Lipinski definition) is 2. The molecule has 60 valence electrons. The van der Waals surface area contributed by atoms with E-state index in [0.717, 1.165) is 13.1 Å². The smallest absolute Gasteiger partial charge is 0.221 e. The van der Waals surface area contributed by atoms with Crippen LogP contribution in [0.25, 0.3) is 0 Å². The molecule has 0 fully saturated rings. The zero-order valence-corrected chi connectivity index (χ0v) is 6.92. The lowest BCUT2D eigenvalue weighted by molar-refractivity contribution is -0.121.